The van der Waals surface area contributed by atoms with E-state index in [-0.39, 0.29) is 6.09 Å². The van der Waals surface area contributed by atoms with E-state index in [2.05, 4.69) is 5.32 Å². The van der Waals surface area contributed by atoms with Crippen LogP contribution in [0.4, 0.5) is 4.79 Å². The molecule has 0 saturated carbocycles. The van der Waals surface area contributed by atoms with E-state index in [9.17, 15) is 4.79 Å². The first-order chi connectivity index (χ1) is 5.79. The van der Waals surface area contributed by atoms with Gasteiger partial charge < -0.3 is 15.0 Å². The highest BCUT2D eigenvalue weighted by Gasteiger charge is 2.36. The molecule has 68 valence electrons. The zero-order valence-electron chi connectivity index (χ0n) is 7.25. The number of carbonyl (C=O) groups excluding carboxylic acids is 1. The lowest BCUT2D eigenvalue weighted by Crippen LogP contribution is -2.36. The number of nitrogens with one attached hydrogen (secondary N) is 1. The summed E-state index contributed by atoms with van der Waals surface area (Å²) in [5, 5.41) is 3.29. The van der Waals surface area contributed by atoms with Gasteiger partial charge >= 0.3 is 6.09 Å². The normalized spacial score (nSPS) is 35.8. The second-order valence-electron chi connectivity index (χ2n) is 3.51. The number of hydrogen-bond acceptors (Lipinski definition) is 3. The third-order valence-corrected chi connectivity index (χ3v) is 2.81. The van der Waals surface area contributed by atoms with Gasteiger partial charge in [-0.25, -0.2) is 4.79 Å². The molecule has 1 amide bonds. The second-order valence-corrected chi connectivity index (χ2v) is 3.51. The number of nitrogens with zero attached hydrogens (tertiary/aromatic N) is 1. The molecule has 0 aromatic heterocycles. The molecule has 4 nitrogen and oxygen atoms in total. The Morgan fingerprint density at radius 2 is 2.50 bits per heavy atom. The molecule has 1 N–H and O–H groups in total. The van der Waals surface area contributed by atoms with Crippen LogP contribution in [-0.4, -0.2) is 43.8 Å². The maximum Gasteiger partial charge on any atom is 0.409 e. The number of carbonyl (C=O) groups is 1. The largest absolute Gasteiger partial charge is 0.447 e. The summed E-state index contributed by atoms with van der Waals surface area (Å²) < 4.78 is 4.95. The number of amides is 1. The van der Waals surface area contributed by atoms with Gasteiger partial charge in [-0.3, -0.25) is 0 Å². The van der Waals surface area contributed by atoms with Gasteiger partial charge in [-0.1, -0.05) is 0 Å². The smallest absolute Gasteiger partial charge is 0.409 e. The van der Waals surface area contributed by atoms with Gasteiger partial charge in [-0.05, 0) is 18.9 Å². The molecule has 0 aliphatic carbocycles. The Morgan fingerprint density at radius 3 is 3.00 bits per heavy atom. The number of hydrogen-bond donors (Lipinski definition) is 1. The van der Waals surface area contributed by atoms with E-state index in [0.717, 1.165) is 19.5 Å². The van der Waals surface area contributed by atoms with E-state index in [0.29, 0.717) is 18.6 Å². The predicted octanol–water partition coefficient (Wildman–Crippen LogP) is 0.0465. The molecule has 4 heteroatoms. The van der Waals surface area contributed by atoms with Crippen molar-refractivity contribution in [3.8, 4) is 0 Å². The van der Waals surface area contributed by atoms with Gasteiger partial charge in [0.05, 0.1) is 6.04 Å². The molecule has 0 radical (unpaired) electrons. The van der Waals surface area contributed by atoms with Gasteiger partial charge in [0.1, 0.15) is 6.61 Å². The fourth-order valence-corrected chi connectivity index (χ4v) is 1.96. The Bertz CT molecular complexity index is 189. The molecule has 2 rings (SSSR count). The molecule has 2 heterocycles. The lowest BCUT2D eigenvalue weighted by Gasteiger charge is -2.21. The minimum absolute atomic E-state index is 0.174. The van der Waals surface area contributed by atoms with Gasteiger partial charge in [-0.2, -0.15) is 0 Å². The molecule has 2 unspecified atom stereocenters. The van der Waals surface area contributed by atoms with Gasteiger partial charge in [0, 0.05) is 13.6 Å². The Labute approximate surface area is 71.9 Å². The molecule has 2 atom stereocenters. The maximum absolute atomic E-state index is 11.0. The maximum atomic E-state index is 11.0. The first-order valence-corrected chi connectivity index (χ1v) is 4.39. The first kappa shape index (κ1) is 7.86. The summed E-state index contributed by atoms with van der Waals surface area (Å²) in [7, 11) is 1.82. The van der Waals surface area contributed by atoms with Crippen LogP contribution in [0.25, 0.3) is 0 Å². The van der Waals surface area contributed by atoms with Crippen molar-refractivity contribution in [3.05, 3.63) is 0 Å². The summed E-state index contributed by atoms with van der Waals surface area (Å²) in [5.74, 6) is 0.585. The second kappa shape index (κ2) is 2.94. The Morgan fingerprint density at radius 1 is 1.67 bits per heavy atom. The molecule has 2 saturated heterocycles. The van der Waals surface area contributed by atoms with Crippen molar-refractivity contribution in [2.75, 3.05) is 26.7 Å². The van der Waals surface area contributed by atoms with Gasteiger partial charge in [-0.15, -0.1) is 0 Å². The van der Waals surface area contributed by atoms with Gasteiger partial charge in [0.25, 0.3) is 0 Å². The summed E-state index contributed by atoms with van der Waals surface area (Å²) >= 11 is 0. The van der Waals surface area contributed by atoms with Crippen LogP contribution in [0.2, 0.25) is 0 Å². The topological polar surface area (TPSA) is 41.6 Å². The summed E-state index contributed by atoms with van der Waals surface area (Å²) in [5.41, 5.74) is 0. The molecule has 0 aromatic carbocycles. The average Bonchev–Trinajstić information content (AvgIpc) is 2.64. The van der Waals surface area contributed by atoms with Crippen LogP contribution in [-0.2, 0) is 4.74 Å². The van der Waals surface area contributed by atoms with Crippen LogP contribution in [0.1, 0.15) is 6.42 Å². The first-order valence-electron chi connectivity index (χ1n) is 4.39. The van der Waals surface area contributed by atoms with Crippen molar-refractivity contribution >= 4 is 6.09 Å². The summed E-state index contributed by atoms with van der Waals surface area (Å²) in [6.07, 6.45) is 0.984. The van der Waals surface area contributed by atoms with Crippen molar-refractivity contribution < 1.29 is 9.53 Å². The Hall–Kier alpha value is -0.770. The Balaban J connectivity index is 1.99. The number of ether oxygens (including phenoxy) is 1. The van der Waals surface area contributed by atoms with Crippen molar-refractivity contribution in [3.63, 3.8) is 0 Å². The third-order valence-electron chi connectivity index (χ3n) is 2.81. The molecule has 2 aliphatic heterocycles. The fourth-order valence-electron chi connectivity index (χ4n) is 1.96. The SMILES string of the molecule is CN1C(=O)OCC1C1CCNC1. The van der Waals surface area contributed by atoms with E-state index < -0.39 is 0 Å². The molecular weight excluding hydrogens is 156 g/mol. The highest BCUT2D eigenvalue weighted by molar-refractivity contribution is 5.69. The fraction of sp³-hybridized carbons (Fsp3) is 0.875. The molecule has 0 bridgehead atoms. The van der Waals surface area contributed by atoms with Crippen LogP contribution in [0.5, 0.6) is 0 Å². The summed E-state index contributed by atoms with van der Waals surface area (Å²) in [6, 6.07) is 0.299. The van der Waals surface area contributed by atoms with Crippen LogP contribution in [0.15, 0.2) is 0 Å². The molecule has 0 aromatic rings. The number of likely N-dealkylation sites (N-methyl/N-ethyl adjacent to an activating group) is 1. The van der Waals surface area contributed by atoms with Crippen molar-refractivity contribution in [1.29, 1.82) is 0 Å². The van der Waals surface area contributed by atoms with Crippen LogP contribution in [0, 0.1) is 5.92 Å². The van der Waals surface area contributed by atoms with E-state index in [1.54, 1.807) is 4.90 Å². The summed E-state index contributed by atoms with van der Waals surface area (Å²) in [4.78, 5) is 12.7. The monoisotopic (exact) mass is 170 g/mol. The molecule has 12 heavy (non-hydrogen) atoms. The molecule has 0 spiro atoms. The van der Waals surface area contributed by atoms with E-state index in [4.69, 9.17) is 4.74 Å². The highest BCUT2D eigenvalue weighted by atomic mass is 16.6. The average molecular weight is 170 g/mol. The van der Waals surface area contributed by atoms with Crippen molar-refractivity contribution in [2.45, 2.75) is 12.5 Å². The molecule has 2 aliphatic rings. The predicted molar refractivity (Wildman–Crippen MR) is 43.9 cm³/mol. The van der Waals surface area contributed by atoms with Gasteiger partial charge in [0.15, 0.2) is 0 Å². The Kier molecular flexibility index (Phi) is 1.92. The van der Waals surface area contributed by atoms with Crippen LogP contribution >= 0.6 is 0 Å². The van der Waals surface area contributed by atoms with E-state index in [1.165, 1.54) is 0 Å². The van der Waals surface area contributed by atoms with Crippen molar-refractivity contribution in [2.24, 2.45) is 5.92 Å². The molecular formula is C8H14N2O2. The lowest BCUT2D eigenvalue weighted by atomic mass is 9.99. The zero-order valence-corrected chi connectivity index (χ0v) is 7.25. The van der Waals surface area contributed by atoms with Gasteiger partial charge in [0.2, 0.25) is 0 Å². The highest BCUT2D eigenvalue weighted by Crippen LogP contribution is 2.22. The standard InChI is InChI=1S/C8H14N2O2/c1-10-7(5-12-8(10)11)6-2-3-9-4-6/h6-7,9H,2-5H2,1H3. The van der Waals surface area contributed by atoms with E-state index >= 15 is 0 Å². The third kappa shape index (κ3) is 1.16. The number of cyclic esters (lactones) is 1. The number of rotatable bonds is 1. The van der Waals surface area contributed by atoms with Crippen LogP contribution < -0.4 is 5.32 Å². The minimum Gasteiger partial charge on any atom is -0.447 e. The van der Waals surface area contributed by atoms with E-state index in [1.807, 2.05) is 7.05 Å². The lowest BCUT2D eigenvalue weighted by molar-refractivity contribution is 0.163. The molecule has 2 fully saturated rings. The quantitative estimate of drug-likeness (QED) is 0.604. The van der Waals surface area contributed by atoms with Crippen molar-refractivity contribution in [1.82, 2.24) is 10.2 Å². The summed E-state index contributed by atoms with van der Waals surface area (Å²) in [6.45, 7) is 2.66. The minimum atomic E-state index is -0.174. The zero-order chi connectivity index (χ0) is 8.55. The van der Waals surface area contributed by atoms with Crippen LogP contribution in [0.3, 0.4) is 0 Å².